The molecule has 0 amide bonds. The van der Waals surface area contributed by atoms with E-state index in [-0.39, 0.29) is 12.2 Å². The molecule has 0 aliphatic carbocycles. The number of aliphatic hydroxyl groups excluding tert-OH is 1. The highest BCUT2D eigenvalue weighted by Gasteiger charge is 2.10. The Hall–Kier alpha value is -0.910. The van der Waals surface area contributed by atoms with Crippen molar-refractivity contribution < 1.29 is 15.0 Å². The summed E-state index contributed by atoms with van der Waals surface area (Å²) in [5, 5.41) is 18.4. The van der Waals surface area contributed by atoms with Gasteiger partial charge in [0, 0.05) is 21.4 Å². The van der Waals surface area contributed by atoms with E-state index >= 15 is 0 Å². The van der Waals surface area contributed by atoms with Crippen molar-refractivity contribution in [2.45, 2.75) is 17.4 Å². The number of hydrogen-bond acceptors (Lipinski definition) is 4. The van der Waals surface area contributed by atoms with Crippen molar-refractivity contribution in [1.29, 1.82) is 0 Å². The van der Waals surface area contributed by atoms with Crippen LogP contribution in [-0.4, -0.2) is 28.0 Å². The number of anilines is 1. The predicted octanol–water partition coefficient (Wildman–Crippen LogP) is 1.85. The van der Waals surface area contributed by atoms with Crippen LogP contribution in [0.3, 0.4) is 0 Å². The summed E-state index contributed by atoms with van der Waals surface area (Å²) in [6.45, 7) is 0. The van der Waals surface area contributed by atoms with Crippen LogP contribution in [0.5, 0.6) is 0 Å². The van der Waals surface area contributed by atoms with Crippen LogP contribution in [0.25, 0.3) is 0 Å². The summed E-state index contributed by atoms with van der Waals surface area (Å²) in [5.74, 6) is -0.727. The zero-order chi connectivity index (χ0) is 12.1. The molecular formula is C10H12ClNO3S. The highest BCUT2D eigenvalue weighted by atomic mass is 35.5. The van der Waals surface area contributed by atoms with Crippen molar-refractivity contribution in [3.05, 3.63) is 23.2 Å². The molecule has 1 rings (SSSR count). The van der Waals surface area contributed by atoms with Gasteiger partial charge in [-0.2, -0.15) is 0 Å². The van der Waals surface area contributed by atoms with Gasteiger partial charge in [0.15, 0.2) is 0 Å². The zero-order valence-corrected chi connectivity index (χ0v) is 9.96. The molecule has 0 aromatic heterocycles. The minimum Gasteiger partial charge on any atom is -0.481 e. The van der Waals surface area contributed by atoms with E-state index in [9.17, 15) is 9.90 Å². The van der Waals surface area contributed by atoms with Gasteiger partial charge in [0.1, 0.15) is 0 Å². The van der Waals surface area contributed by atoms with Crippen LogP contribution >= 0.6 is 23.4 Å². The van der Waals surface area contributed by atoms with Gasteiger partial charge >= 0.3 is 5.97 Å². The van der Waals surface area contributed by atoms with Crippen LogP contribution in [-0.2, 0) is 4.79 Å². The van der Waals surface area contributed by atoms with E-state index in [4.69, 9.17) is 22.4 Å². The molecule has 0 saturated heterocycles. The lowest BCUT2D eigenvalue weighted by molar-refractivity contribution is -0.138. The van der Waals surface area contributed by atoms with Gasteiger partial charge in [-0.05, 0) is 18.2 Å². The van der Waals surface area contributed by atoms with Gasteiger partial charge in [-0.15, -0.1) is 11.8 Å². The van der Waals surface area contributed by atoms with Gasteiger partial charge in [0.05, 0.1) is 12.5 Å². The Morgan fingerprint density at radius 3 is 2.81 bits per heavy atom. The van der Waals surface area contributed by atoms with E-state index in [1.807, 2.05) is 0 Å². The molecule has 1 aromatic rings. The lowest BCUT2D eigenvalue weighted by Gasteiger charge is -2.09. The van der Waals surface area contributed by atoms with Crippen LogP contribution in [0, 0.1) is 0 Å². The van der Waals surface area contributed by atoms with E-state index in [1.165, 1.54) is 11.8 Å². The largest absolute Gasteiger partial charge is 0.481 e. The van der Waals surface area contributed by atoms with Gasteiger partial charge in [0.25, 0.3) is 0 Å². The van der Waals surface area contributed by atoms with Crippen molar-refractivity contribution in [1.82, 2.24) is 0 Å². The number of hydrogen-bond donors (Lipinski definition) is 3. The number of rotatable bonds is 5. The standard InChI is InChI=1S/C10H12ClNO3S/c11-6-1-2-9(8(12)3-6)16-5-7(13)4-10(14)15/h1-3,7,13H,4-5,12H2,(H,14,15). The number of benzene rings is 1. The molecular weight excluding hydrogens is 250 g/mol. The highest BCUT2D eigenvalue weighted by molar-refractivity contribution is 7.99. The van der Waals surface area contributed by atoms with Crippen molar-refractivity contribution in [2.24, 2.45) is 0 Å². The number of nitrogen functional groups attached to an aromatic ring is 1. The molecule has 0 aliphatic heterocycles. The lowest BCUT2D eigenvalue weighted by Crippen LogP contribution is -2.15. The first-order valence-electron chi connectivity index (χ1n) is 4.56. The third-order valence-corrected chi connectivity index (χ3v) is 3.28. The van der Waals surface area contributed by atoms with Gasteiger partial charge < -0.3 is 15.9 Å². The molecule has 16 heavy (non-hydrogen) atoms. The fourth-order valence-electron chi connectivity index (χ4n) is 1.10. The second kappa shape index (κ2) is 5.98. The van der Waals surface area contributed by atoms with E-state index in [0.29, 0.717) is 10.7 Å². The average Bonchev–Trinajstić information content (AvgIpc) is 2.15. The molecule has 0 heterocycles. The number of aliphatic carboxylic acids is 1. The van der Waals surface area contributed by atoms with Gasteiger partial charge in [0.2, 0.25) is 0 Å². The number of carboxylic acid groups (broad SMARTS) is 1. The minimum atomic E-state index is -1.02. The molecule has 4 nitrogen and oxygen atoms in total. The molecule has 1 unspecified atom stereocenters. The van der Waals surface area contributed by atoms with Crippen LogP contribution in [0.2, 0.25) is 5.02 Å². The quantitative estimate of drug-likeness (QED) is 0.557. The van der Waals surface area contributed by atoms with E-state index in [2.05, 4.69) is 0 Å². The summed E-state index contributed by atoms with van der Waals surface area (Å²) >= 11 is 7.04. The number of nitrogens with two attached hydrogens (primary N) is 1. The maximum atomic E-state index is 10.3. The Kier molecular flexibility index (Phi) is 4.92. The Bertz CT molecular complexity index is 386. The molecule has 88 valence electrons. The Morgan fingerprint density at radius 1 is 1.56 bits per heavy atom. The summed E-state index contributed by atoms with van der Waals surface area (Å²) in [4.78, 5) is 11.1. The monoisotopic (exact) mass is 261 g/mol. The van der Waals surface area contributed by atoms with Crippen molar-refractivity contribution in [2.75, 3.05) is 11.5 Å². The Morgan fingerprint density at radius 2 is 2.25 bits per heavy atom. The first-order valence-corrected chi connectivity index (χ1v) is 5.93. The van der Waals surface area contributed by atoms with Crippen LogP contribution < -0.4 is 5.73 Å². The molecule has 0 spiro atoms. The molecule has 0 aliphatic rings. The first kappa shape index (κ1) is 13.2. The molecule has 6 heteroatoms. The molecule has 0 radical (unpaired) electrons. The normalized spacial score (nSPS) is 12.4. The zero-order valence-electron chi connectivity index (χ0n) is 8.39. The Labute approximate surface area is 102 Å². The second-order valence-corrected chi connectivity index (χ2v) is 4.74. The summed E-state index contributed by atoms with van der Waals surface area (Å²) in [7, 11) is 0. The average molecular weight is 262 g/mol. The van der Waals surface area contributed by atoms with Crippen molar-refractivity contribution in [3.63, 3.8) is 0 Å². The van der Waals surface area contributed by atoms with E-state index in [0.717, 1.165) is 4.90 Å². The van der Waals surface area contributed by atoms with Gasteiger partial charge in [-0.3, -0.25) is 4.79 Å². The maximum absolute atomic E-state index is 10.3. The van der Waals surface area contributed by atoms with Gasteiger partial charge in [-0.1, -0.05) is 11.6 Å². The lowest BCUT2D eigenvalue weighted by atomic mass is 10.3. The van der Waals surface area contributed by atoms with E-state index in [1.54, 1.807) is 18.2 Å². The summed E-state index contributed by atoms with van der Waals surface area (Å²) in [5.41, 5.74) is 6.23. The molecule has 0 bridgehead atoms. The highest BCUT2D eigenvalue weighted by Crippen LogP contribution is 2.28. The van der Waals surface area contributed by atoms with Gasteiger partial charge in [-0.25, -0.2) is 0 Å². The topological polar surface area (TPSA) is 83.5 Å². The van der Waals surface area contributed by atoms with Crippen molar-refractivity contribution in [3.8, 4) is 0 Å². The number of carbonyl (C=O) groups is 1. The summed E-state index contributed by atoms with van der Waals surface area (Å²) in [6.07, 6.45) is -1.14. The molecule has 0 fully saturated rings. The fourth-order valence-corrected chi connectivity index (χ4v) is 2.16. The van der Waals surface area contributed by atoms with Crippen LogP contribution in [0.15, 0.2) is 23.1 Å². The number of carboxylic acids is 1. The SMILES string of the molecule is Nc1cc(Cl)ccc1SCC(O)CC(=O)O. The van der Waals surface area contributed by atoms with Crippen LogP contribution in [0.4, 0.5) is 5.69 Å². The molecule has 0 saturated carbocycles. The smallest absolute Gasteiger partial charge is 0.306 e. The number of halogens is 1. The Balaban J connectivity index is 2.51. The summed E-state index contributed by atoms with van der Waals surface area (Å²) < 4.78 is 0. The van der Waals surface area contributed by atoms with Crippen molar-refractivity contribution >= 4 is 35.0 Å². The predicted molar refractivity (Wildman–Crippen MR) is 64.8 cm³/mol. The number of aliphatic hydroxyl groups is 1. The van der Waals surface area contributed by atoms with Crippen LogP contribution in [0.1, 0.15) is 6.42 Å². The third kappa shape index (κ3) is 4.30. The first-order chi connectivity index (χ1) is 7.49. The maximum Gasteiger partial charge on any atom is 0.306 e. The fraction of sp³-hybridized carbons (Fsp3) is 0.300. The molecule has 4 N–H and O–H groups in total. The second-order valence-electron chi connectivity index (χ2n) is 3.24. The van der Waals surface area contributed by atoms with E-state index < -0.39 is 12.1 Å². The summed E-state index contributed by atoms with van der Waals surface area (Å²) in [6, 6.07) is 5.06. The molecule has 1 aromatic carbocycles. The molecule has 1 atom stereocenters. The third-order valence-electron chi connectivity index (χ3n) is 1.81. The number of thioether (sulfide) groups is 1. The minimum absolute atomic E-state index is 0.263.